The quantitative estimate of drug-likeness (QED) is 0.673. The molecule has 0 saturated heterocycles. The van der Waals surface area contributed by atoms with Crippen LogP contribution in [0.25, 0.3) is 0 Å². The monoisotopic (exact) mass is 321 g/mol. The second-order valence-electron chi connectivity index (χ2n) is 4.85. The first-order valence-electron chi connectivity index (χ1n) is 6.40. The van der Waals surface area contributed by atoms with Gasteiger partial charge in [0, 0.05) is 20.4 Å². The molecular weight excluding hydrogens is 310 g/mol. The third kappa shape index (κ3) is 2.64. The van der Waals surface area contributed by atoms with Crippen molar-refractivity contribution in [2.75, 3.05) is 0 Å². The molecule has 2 aromatic rings. The van der Waals surface area contributed by atoms with Crippen LogP contribution in [0, 0.1) is 10.1 Å². The van der Waals surface area contributed by atoms with Gasteiger partial charge in [0.1, 0.15) is 11.4 Å². The van der Waals surface area contributed by atoms with Crippen LogP contribution in [-0.4, -0.2) is 16.1 Å². The Morgan fingerprint density at radius 2 is 1.81 bits per heavy atom. The number of hydrogen-bond acceptors (Lipinski definition) is 4. The maximum Gasteiger partial charge on any atom is 0.258 e. The molecule has 1 aliphatic heterocycles. The van der Waals surface area contributed by atoms with Crippen molar-refractivity contribution in [3.05, 3.63) is 74.8 Å². The number of fused-ring (bicyclic) bond motifs is 1. The molecule has 0 spiro atoms. The molecule has 2 aromatic carbocycles. The third-order valence-electron chi connectivity index (χ3n) is 3.57. The summed E-state index contributed by atoms with van der Waals surface area (Å²) in [5.41, 5.74) is 1.41. The summed E-state index contributed by atoms with van der Waals surface area (Å²) >= 11 is 7.28. The average molecular weight is 322 g/mol. The fraction of sp³-hybridized carbons (Fsp3) is 0.200. The number of nitrogens with zero attached hydrogens (tertiary/aromatic N) is 1. The maximum atomic E-state index is 11.4. The molecule has 21 heavy (non-hydrogen) atoms. The first-order chi connectivity index (χ1) is 10.1. The molecule has 3 unspecified atom stereocenters. The summed E-state index contributed by atoms with van der Waals surface area (Å²) in [5, 5.41) is 22.0. The van der Waals surface area contributed by atoms with Crippen LogP contribution in [0.5, 0.6) is 0 Å². The lowest BCUT2D eigenvalue weighted by Gasteiger charge is -2.31. The summed E-state index contributed by atoms with van der Waals surface area (Å²) in [4.78, 5) is 11.9. The lowest BCUT2D eigenvalue weighted by atomic mass is 9.95. The summed E-state index contributed by atoms with van der Waals surface area (Å²) in [5.74, 6) is 0. The van der Waals surface area contributed by atoms with Gasteiger partial charge in [-0.15, -0.1) is 11.8 Å². The van der Waals surface area contributed by atoms with Crippen molar-refractivity contribution in [3.8, 4) is 0 Å². The van der Waals surface area contributed by atoms with Gasteiger partial charge in [0.2, 0.25) is 0 Å². The lowest BCUT2D eigenvalue weighted by Crippen LogP contribution is -2.35. The van der Waals surface area contributed by atoms with Gasteiger partial charge in [-0.3, -0.25) is 10.1 Å². The molecular formula is C15H12ClNO3S. The van der Waals surface area contributed by atoms with Gasteiger partial charge < -0.3 is 5.11 Å². The minimum absolute atomic E-state index is 0.396. The van der Waals surface area contributed by atoms with E-state index in [1.54, 1.807) is 36.4 Å². The minimum Gasteiger partial charge on any atom is -0.381 e. The van der Waals surface area contributed by atoms with Gasteiger partial charge >= 0.3 is 0 Å². The first-order valence-corrected chi connectivity index (χ1v) is 7.66. The number of benzene rings is 2. The Labute approximate surface area is 130 Å². The Bertz CT molecular complexity index is 677. The molecule has 4 nitrogen and oxygen atoms in total. The molecule has 3 rings (SSSR count). The molecule has 3 atom stereocenters. The van der Waals surface area contributed by atoms with Gasteiger partial charge in [-0.25, -0.2) is 0 Å². The normalized spacial score (nSPS) is 24.4. The van der Waals surface area contributed by atoms with Crippen LogP contribution in [0.15, 0.2) is 53.4 Å². The molecule has 108 valence electrons. The molecule has 0 fully saturated rings. The summed E-state index contributed by atoms with van der Waals surface area (Å²) in [6, 6.07) is 13.2. The largest absolute Gasteiger partial charge is 0.381 e. The van der Waals surface area contributed by atoms with E-state index in [9.17, 15) is 15.2 Å². The number of halogens is 1. The van der Waals surface area contributed by atoms with Crippen molar-refractivity contribution in [3.63, 3.8) is 0 Å². The molecule has 0 saturated carbocycles. The van der Waals surface area contributed by atoms with Crippen LogP contribution in [0.1, 0.15) is 22.5 Å². The van der Waals surface area contributed by atoms with Gasteiger partial charge in [0.15, 0.2) is 0 Å². The zero-order chi connectivity index (χ0) is 15.0. The average Bonchev–Trinajstić information content (AvgIpc) is 2.47. The van der Waals surface area contributed by atoms with Gasteiger partial charge in [0.05, 0.1) is 0 Å². The number of aliphatic hydroxyl groups excluding tert-OH is 1. The SMILES string of the molecule is O=[N+]([O-])C1C(O)c2ccccc2SC1c1ccc(Cl)cc1. The molecule has 0 aliphatic carbocycles. The highest BCUT2D eigenvalue weighted by Crippen LogP contribution is 2.49. The van der Waals surface area contributed by atoms with Crippen molar-refractivity contribution in [2.24, 2.45) is 0 Å². The van der Waals surface area contributed by atoms with Gasteiger partial charge in [-0.1, -0.05) is 41.9 Å². The van der Waals surface area contributed by atoms with Crippen LogP contribution in [0.3, 0.4) is 0 Å². The Balaban J connectivity index is 2.06. The summed E-state index contributed by atoms with van der Waals surface area (Å²) < 4.78 is 0. The van der Waals surface area contributed by atoms with E-state index in [0.717, 1.165) is 10.5 Å². The highest BCUT2D eigenvalue weighted by Gasteiger charge is 2.45. The molecule has 6 heteroatoms. The van der Waals surface area contributed by atoms with E-state index in [2.05, 4.69) is 0 Å². The predicted molar refractivity (Wildman–Crippen MR) is 82.2 cm³/mol. The molecule has 1 heterocycles. The van der Waals surface area contributed by atoms with Crippen molar-refractivity contribution in [1.29, 1.82) is 0 Å². The fourth-order valence-electron chi connectivity index (χ4n) is 2.53. The zero-order valence-corrected chi connectivity index (χ0v) is 12.4. The van der Waals surface area contributed by atoms with Crippen LogP contribution in [0.2, 0.25) is 5.02 Å². The Kier molecular flexibility index (Phi) is 3.89. The highest BCUT2D eigenvalue weighted by molar-refractivity contribution is 7.99. The molecule has 0 amide bonds. The van der Waals surface area contributed by atoms with Crippen molar-refractivity contribution < 1.29 is 10.0 Å². The van der Waals surface area contributed by atoms with E-state index in [-0.39, 0.29) is 0 Å². The summed E-state index contributed by atoms with van der Waals surface area (Å²) in [7, 11) is 0. The summed E-state index contributed by atoms with van der Waals surface area (Å²) in [6.07, 6.45) is -1.11. The van der Waals surface area contributed by atoms with E-state index in [4.69, 9.17) is 11.6 Å². The first kappa shape index (κ1) is 14.4. The van der Waals surface area contributed by atoms with E-state index in [1.165, 1.54) is 11.8 Å². The fourth-order valence-corrected chi connectivity index (χ4v) is 4.09. The molecule has 0 bridgehead atoms. The molecule has 1 aliphatic rings. The zero-order valence-electron chi connectivity index (χ0n) is 10.8. The molecule has 0 radical (unpaired) electrons. The lowest BCUT2D eigenvalue weighted by molar-refractivity contribution is -0.536. The maximum absolute atomic E-state index is 11.4. The van der Waals surface area contributed by atoms with Gasteiger partial charge in [-0.05, 0) is 23.8 Å². The van der Waals surface area contributed by atoms with E-state index < -0.39 is 22.3 Å². The van der Waals surface area contributed by atoms with Gasteiger partial charge in [-0.2, -0.15) is 0 Å². The van der Waals surface area contributed by atoms with Crippen molar-refractivity contribution in [1.82, 2.24) is 0 Å². The van der Waals surface area contributed by atoms with Crippen LogP contribution < -0.4 is 0 Å². The highest BCUT2D eigenvalue weighted by atomic mass is 35.5. The second kappa shape index (κ2) is 5.67. The topological polar surface area (TPSA) is 63.4 Å². The van der Waals surface area contributed by atoms with E-state index >= 15 is 0 Å². The second-order valence-corrected chi connectivity index (χ2v) is 6.47. The molecule has 0 aromatic heterocycles. The van der Waals surface area contributed by atoms with E-state index in [1.807, 2.05) is 12.1 Å². The Morgan fingerprint density at radius 3 is 2.48 bits per heavy atom. The number of thioether (sulfide) groups is 1. The van der Waals surface area contributed by atoms with E-state index in [0.29, 0.717) is 10.6 Å². The van der Waals surface area contributed by atoms with Crippen molar-refractivity contribution >= 4 is 23.4 Å². The number of hydrogen-bond donors (Lipinski definition) is 1. The number of nitro groups is 1. The van der Waals surface area contributed by atoms with Crippen LogP contribution >= 0.6 is 23.4 Å². The number of aliphatic hydroxyl groups is 1. The smallest absolute Gasteiger partial charge is 0.258 e. The Morgan fingerprint density at radius 1 is 1.14 bits per heavy atom. The van der Waals surface area contributed by atoms with Gasteiger partial charge in [0.25, 0.3) is 6.04 Å². The molecule has 1 N–H and O–H groups in total. The van der Waals surface area contributed by atoms with Crippen LogP contribution in [0.4, 0.5) is 0 Å². The number of rotatable bonds is 2. The van der Waals surface area contributed by atoms with Crippen molar-refractivity contribution in [2.45, 2.75) is 22.3 Å². The third-order valence-corrected chi connectivity index (χ3v) is 5.25. The van der Waals surface area contributed by atoms with Crippen LogP contribution in [-0.2, 0) is 0 Å². The minimum atomic E-state index is -1.11. The Hall–Kier alpha value is -1.56. The summed E-state index contributed by atoms with van der Waals surface area (Å²) in [6.45, 7) is 0. The standard InChI is InChI=1S/C15H12ClNO3S/c16-10-7-5-9(6-8-10)15-13(17(19)20)14(18)11-3-1-2-4-12(11)21-15/h1-8,13-15,18H. The predicted octanol–water partition coefficient (Wildman–Crippen LogP) is 3.87.